The number of carbonyl (C=O) groups is 4. The number of hydrogen-bond acceptors (Lipinski definition) is 10. The Balaban J connectivity index is 1.50. The lowest BCUT2D eigenvalue weighted by atomic mass is 10.1. The van der Waals surface area contributed by atoms with E-state index in [1.807, 2.05) is 31.2 Å². The molecule has 0 spiro atoms. The van der Waals surface area contributed by atoms with Crippen LogP contribution in [0.5, 0.6) is 0 Å². The van der Waals surface area contributed by atoms with Gasteiger partial charge in [0, 0.05) is 11.8 Å². The molecule has 1 aliphatic heterocycles. The fourth-order valence-corrected chi connectivity index (χ4v) is 5.90. The van der Waals surface area contributed by atoms with Crippen LogP contribution in [0.3, 0.4) is 0 Å². The van der Waals surface area contributed by atoms with E-state index in [4.69, 9.17) is 23.7 Å². The van der Waals surface area contributed by atoms with Gasteiger partial charge < -0.3 is 23.7 Å². The van der Waals surface area contributed by atoms with E-state index in [0.717, 1.165) is 10.5 Å². The van der Waals surface area contributed by atoms with E-state index in [2.05, 4.69) is 0 Å². The number of esters is 4. The minimum atomic E-state index is -1.26. The molecule has 1 fully saturated rings. The molecule has 1 saturated heterocycles. The number of rotatable bonds is 11. The summed E-state index contributed by atoms with van der Waals surface area (Å²) < 4.78 is 29.6. The Bertz CT molecular complexity index is 1630. The Hall–Kier alpha value is -4.93. The van der Waals surface area contributed by atoms with Crippen LogP contribution in [0.25, 0.3) is 0 Å². The summed E-state index contributed by atoms with van der Waals surface area (Å²) in [6.45, 7) is 2.75. The van der Waals surface area contributed by atoms with Crippen LogP contribution in [0, 0.1) is 6.92 Å². The largest absolute Gasteiger partial charge is 0.458 e. The normalized spacial score (nSPS) is 19.4. The molecule has 1 heterocycles. The van der Waals surface area contributed by atoms with E-state index in [1.165, 1.54) is 18.7 Å². The quantitative estimate of drug-likeness (QED) is 0.142. The Labute approximate surface area is 270 Å². The van der Waals surface area contributed by atoms with Gasteiger partial charge in [0.1, 0.15) is 18.1 Å². The summed E-state index contributed by atoms with van der Waals surface area (Å²) in [5.74, 6) is -2.69. The second kappa shape index (κ2) is 15.4. The topological polar surface area (TPSA) is 114 Å². The fourth-order valence-electron chi connectivity index (χ4n) is 4.81. The molecular weight excluding hydrogens is 608 g/mol. The first-order valence-corrected chi connectivity index (χ1v) is 15.5. The maximum atomic E-state index is 13.4. The number of aryl methyl sites for hydroxylation is 1. The van der Waals surface area contributed by atoms with Gasteiger partial charge in [0.15, 0.2) is 18.3 Å². The third-order valence-electron chi connectivity index (χ3n) is 7.06. The van der Waals surface area contributed by atoms with Crippen LogP contribution in [0.1, 0.15) is 43.6 Å². The van der Waals surface area contributed by atoms with Crippen molar-refractivity contribution in [2.24, 2.45) is 0 Å². The maximum Gasteiger partial charge on any atom is 0.338 e. The molecule has 0 unspecified atom stereocenters. The minimum absolute atomic E-state index is 0.253. The number of benzene rings is 4. The SMILES string of the molecule is CC(=O)O[C@@H](COC(=O)c1ccccc1)[C@H]1O[C@H](Sc2ccc(C)cc2)[C@@H](OC(=O)c2ccccc2)[C@@H]1OC(=O)c1ccccc1. The number of hydrogen-bond donors (Lipinski definition) is 0. The lowest BCUT2D eigenvalue weighted by Gasteiger charge is -2.28. The minimum Gasteiger partial charge on any atom is -0.458 e. The number of ether oxygens (including phenoxy) is 5. The Morgan fingerprint density at radius 3 is 1.65 bits per heavy atom. The van der Waals surface area contributed by atoms with Crippen molar-refractivity contribution >= 4 is 35.6 Å². The highest BCUT2D eigenvalue weighted by molar-refractivity contribution is 7.99. The summed E-state index contributed by atoms with van der Waals surface area (Å²) in [5, 5.41) is 0. The van der Waals surface area contributed by atoms with Gasteiger partial charge in [-0.25, -0.2) is 14.4 Å². The second-order valence-electron chi connectivity index (χ2n) is 10.5. The third-order valence-corrected chi connectivity index (χ3v) is 8.21. The van der Waals surface area contributed by atoms with Crippen molar-refractivity contribution in [3.63, 3.8) is 0 Å². The van der Waals surface area contributed by atoms with Gasteiger partial charge in [-0.15, -0.1) is 0 Å². The molecule has 9 nitrogen and oxygen atoms in total. The molecule has 0 N–H and O–H groups in total. The van der Waals surface area contributed by atoms with Crippen LogP contribution in [0.2, 0.25) is 0 Å². The molecule has 5 rings (SSSR count). The molecule has 236 valence electrons. The van der Waals surface area contributed by atoms with E-state index < -0.39 is 60.3 Å². The van der Waals surface area contributed by atoms with Crippen molar-refractivity contribution < 1.29 is 42.9 Å². The van der Waals surface area contributed by atoms with Gasteiger partial charge in [0.05, 0.1) is 16.7 Å². The van der Waals surface area contributed by atoms with Gasteiger partial charge in [-0.05, 0) is 55.5 Å². The molecule has 0 aliphatic carbocycles. The maximum absolute atomic E-state index is 13.4. The van der Waals surface area contributed by atoms with E-state index in [9.17, 15) is 19.2 Å². The zero-order chi connectivity index (χ0) is 32.5. The van der Waals surface area contributed by atoms with Crippen molar-refractivity contribution in [2.75, 3.05) is 6.61 Å². The standard InChI is InChI=1S/C36H32O9S/c1-23-18-20-28(21-19-23)46-36-32(44-35(40)27-16-10-5-11-17-27)31(43-34(39)26-14-8-4-9-15-26)30(45-36)29(42-24(2)37)22-41-33(38)25-12-6-3-7-13-25/h3-21,29-32,36H,22H2,1-2H3/t29-,30+,31+,32-,36+/m0/s1. The third kappa shape index (κ3) is 8.41. The molecular formula is C36H32O9S. The molecule has 0 bridgehead atoms. The van der Waals surface area contributed by atoms with Crippen LogP contribution < -0.4 is 0 Å². The fraction of sp³-hybridized carbons (Fsp3) is 0.222. The summed E-state index contributed by atoms with van der Waals surface area (Å²) in [6, 6.07) is 32.7. The molecule has 10 heteroatoms. The van der Waals surface area contributed by atoms with Gasteiger partial charge in [0.2, 0.25) is 0 Å². The highest BCUT2D eigenvalue weighted by Crippen LogP contribution is 2.40. The molecule has 46 heavy (non-hydrogen) atoms. The highest BCUT2D eigenvalue weighted by Gasteiger charge is 2.54. The average molecular weight is 641 g/mol. The molecule has 0 amide bonds. The molecule has 0 aromatic heterocycles. The van der Waals surface area contributed by atoms with Gasteiger partial charge >= 0.3 is 23.9 Å². The monoisotopic (exact) mass is 640 g/mol. The predicted octanol–water partition coefficient (Wildman–Crippen LogP) is 6.05. The van der Waals surface area contributed by atoms with Gasteiger partial charge in [-0.2, -0.15) is 0 Å². The van der Waals surface area contributed by atoms with Crippen LogP contribution in [0.4, 0.5) is 0 Å². The summed E-state index contributed by atoms with van der Waals surface area (Å²) in [7, 11) is 0. The zero-order valence-corrected chi connectivity index (χ0v) is 26.0. The van der Waals surface area contributed by atoms with Crippen LogP contribution >= 0.6 is 11.8 Å². The summed E-state index contributed by atoms with van der Waals surface area (Å²) in [5.41, 5.74) is 0.976. The molecule has 0 radical (unpaired) electrons. The van der Waals surface area contributed by atoms with Crippen molar-refractivity contribution in [1.82, 2.24) is 0 Å². The smallest absolute Gasteiger partial charge is 0.338 e. The van der Waals surface area contributed by atoms with Gasteiger partial charge in [0.25, 0.3) is 0 Å². The first-order chi connectivity index (χ1) is 22.3. The van der Waals surface area contributed by atoms with Crippen molar-refractivity contribution in [3.8, 4) is 0 Å². The summed E-state index contributed by atoms with van der Waals surface area (Å²) in [6.07, 6.45) is -4.82. The van der Waals surface area contributed by atoms with E-state index in [0.29, 0.717) is 5.56 Å². The molecule has 0 saturated carbocycles. The van der Waals surface area contributed by atoms with Crippen molar-refractivity contribution in [3.05, 3.63) is 138 Å². The van der Waals surface area contributed by atoms with Gasteiger partial charge in [-0.1, -0.05) is 84.1 Å². The van der Waals surface area contributed by atoms with E-state index >= 15 is 0 Å². The average Bonchev–Trinajstić information content (AvgIpc) is 3.40. The van der Waals surface area contributed by atoms with Crippen molar-refractivity contribution in [2.45, 2.75) is 48.6 Å². The molecule has 4 aromatic carbocycles. The van der Waals surface area contributed by atoms with Crippen LogP contribution in [-0.2, 0) is 28.5 Å². The Morgan fingerprint density at radius 2 is 1.15 bits per heavy atom. The zero-order valence-electron chi connectivity index (χ0n) is 25.1. The van der Waals surface area contributed by atoms with Crippen molar-refractivity contribution in [1.29, 1.82) is 0 Å². The Morgan fingerprint density at radius 1 is 0.674 bits per heavy atom. The number of thioether (sulfide) groups is 1. The van der Waals surface area contributed by atoms with Crippen LogP contribution in [-0.4, -0.2) is 60.3 Å². The van der Waals surface area contributed by atoms with Gasteiger partial charge in [-0.3, -0.25) is 4.79 Å². The first-order valence-electron chi connectivity index (χ1n) is 14.6. The summed E-state index contributed by atoms with van der Waals surface area (Å²) in [4.78, 5) is 52.8. The first kappa shape index (κ1) is 32.5. The van der Waals surface area contributed by atoms with Crippen LogP contribution in [0.15, 0.2) is 120 Å². The van der Waals surface area contributed by atoms with E-state index in [1.54, 1.807) is 91.0 Å². The second-order valence-corrected chi connectivity index (χ2v) is 11.7. The lowest BCUT2D eigenvalue weighted by Crippen LogP contribution is -2.47. The number of carbonyl (C=O) groups excluding carboxylic acids is 4. The van der Waals surface area contributed by atoms with E-state index in [-0.39, 0.29) is 11.1 Å². The Kier molecular flexibility index (Phi) is 10.9. The highest BCUT2D eigenvalue weighted by atomic mass is 32.2. The summed E-state index contributed by atoms with van der Waals surface area (Å²) >= 11 is 1.25. The predicted molar refractivity (Wildman–Crippen MR) is 169 cm³/mol. The molecule has 1 aliphatic rings. The molecule has 4 aromatic rings. The molecule has 5 atom stereocenters. The lowest BCUT2D eigenvalue weighted by molar-refractivity contribution is -0.161.